The highest BCUT2D eigenvalue weighted by Gasteiger charge is 2.18. The first kappa shape index (κ1) is 17.7. The van der Waals surface area contributed by atoms with Gasteiger partial charge in [0.2, 0.25) is 11.3 Å². The molecule has 0 unspecified atom stereocenters. The molecule has 4 rings (SSSR count). The van der Waals surface area contributed by atoms with E-state index in [1.807, 2.05) is 24.3 Å². The fraction of sp³-hybridized carbons (Fsp3) is 0.143. The minimum absolute atomic E-state index is 0.0156. The van der Waals surface area contributed by atoms with Gasteiger partial charge in [-0.05, 0) is 35.9 Å². The lowest BCUT2D eigenvalue weighted by Gasteiger charge is -2.22. The Morgan fingerprint density at radius 3 is 2.71 bits per heavy atom. The molecule has 140 valence electrons. The molecular weight excluding hydrogens is 356 g/mol. The number of nitrogens with zero attached hydrogens (tertiary/aromatic N) is 4. The number of pyridine rings is 1. The summed E-state index contributed by atoms with van der Waals surface area (Å²) in [5, 5.41) is 4.69. The van der Waals surface area contributed by atoms with Crippen LogP contribution in [0, 0.1) is 0 Å². The second-order valence-corrected chi connectivity index (χ2v) is 6.37. The van der Waals surface area contributed by atoms with E-state index in [1.54, 1.807) is 52.5 Å². The lowest BCUT2D eigenvalue weighted by Crippen LogP contribution is -2.33. The molecule has 0 aliphatic rings. The summed E-state index contributed by atoms with van der Waals surface area (Å²) in [7, 11) is 0. The normalized spacial score (nSPS) is 10.9. The minimum Gasteiger partial charge on any atom is -0.467 e. The summed E-state index contributed by atoms with van der Waals surface area (Å²) in [6.07, 6.45) is 6.25. The Labute approximate surface area is 160 Å². The number of rotatable bonds is 6. The molecule has 0 atom stereocenters. The summed E-state index contributed by atoms with van der Waals surface area (Å²) in [5.74, 6) is 0.552. The van der Waals surface area contributed by atoms with E-state index in [9.17, 15) is 9.59 Å². The molecule has 0 aliphatic heterocycles. The van der Waals surface area contributed by atoms with Gasteiger partial charge >= 0.3 is 0 Å². The topological polar surface area (TPSA) is 81.2 Å². The molecule has 0 N–H and O–H groups in total. The number of aromatic nitrogens is 3. The average molecular weight is 374 g/mol. The maximum atomic E-state index is 13.1. The maximum absolute atomic E-state index is 13.1. The van der Waals surface area contributed by atoms with Crippen LogP contribution in [-0.4, -0.2) is 25.6 Å². The molecule has 0 bridgehead atoms. The number of carbonyl (C=O) groups excluding carboxylic acids is 1. The fourth-order valence-corrected chi connectivity index (χ4v) is 3.05. The first-order chi connectivity index (χ1) is 13.7. The third kappa shape index (κ3) is 3.83. The molecule has 28 heavy (non-hydrogen) atoms. The molecule has 1 amide bonds. The molecule has 7 nitrogen and oxygen atoms in total. The summed E-state index contributed by atoms with van der Waals surface area (Å²) < 4.78 is 6.97. The van der Waals surface area contributed by atoms with E-state index in [0.717, 1.165) is 5.56 Å². The molecular formula is C21H18N4O3. The zero-order valence-electron chi connectivity index (χ0n) is 15.1. The van der Waals surface area contributed by atoms with Crippen molar-refractivity contribution in [2.24, 2.45) is 0 Å². The van der Waals surface area contributed by atoms with Crippen LogP contribution in [0.5, 0.6) is 0 Å². The van der Waals surface area contributed by atoms with Crippen LogP contribution in [0.2, 0.25) is 0 Å². The van der Waals surface area contributed by atoms with Crippen molar-refractivity contribution in [3.8, 4) is 0 Å². The summed E-state index contributed by atoms with van der Waals surface area (Å²) in [6, 6.07) is 14.5. The minimum atomic E-state index is -0.165. The molecule has 0 aliphatic carbocycles. The van der Waals surface area contributed by atoms with Gasteiger partial charge in [0.05, 0.1) is 24.5 Å². The van der Waals surface area contributed by atoms with Crippen molar-refractivity contribution in [1.29, 1.82) is 0 Å². The monoisotopic (exact) mass is 374 g/mol. The van der Waals surface area contributed by atoms with Gasteiger partial charge in [0, 0.05) is 24.3 Å². The second kappa shape index (κ2) is 7.87. The third-order valence-electron chi connectivity index (χ3n) is 4.42. The van der Waals surface area contributed by atoms with E-state index in [2.05, 4.69) is 10.1 Å². The molecule has 0 spiro atoms. The number of fused-ring (bicyclic) bond motifs is 1. The van der Waals surface area contributed by atoms with Crippen LogP contribution in [0.1, 0.15) is 11.3 Å². The smallest absolute Gasteiger partial charge is 0.245 e. The van der Waals surface area contributed by atoms with Crippen molar-refractivity contribution in [3.05, 3.63) is 94.9 Å². The van der Waals surface area contributed by atoms with Crippen LogP contribution in [0.25, 0.3) is 10.9 Å². The van der Waals surface area contributed by atoms with Gasteiger partial charge in [-0.25, -0.2) is 0 Å². The van der Waals surface area contributed by atoms with Gasteiger partial charge in [-0.1, -0.05) is 18.2 Å². The molecule has 4 aromatic rings. The van der Waals surface area contributed by atoms with E-state index < -0.39 is 0 Å². The predicted molar refractivity (Wildman–Crippen MR) is 103 cm³/mol. The van der Waals surface area contributed by atoms with Crippen molar-refractivity contribution >= 4 is 16.8 Å². The number of hydrogen-bond donors (Lipinski definition) is 0. The van der Waals surface area contributed by atoms with Gasteiger partial charge in [0.25, 0.3) is 0 Å². The molecule has 7 heteroatoms. The summed E-state index contributed by atoms with van der Waals surface area (Å²) >= 11 is 0. The summed E-state index contributed by atoms with van der Waals surface area (Å²) in [4.78, 5) is 30.9. The van der Waals surface area contributed by atoms with Gasteiger partial charge < -0.3 is 9.32 Å². The number of furan rings is 1. The van der Waals surface area contributed by atoms with Crippen LogP contribution in [0.15, 0.2) is 82.6 Å². The first-order valence-corrected chi connectivity index (χ1v) is 8.84. The standard InChI is InChI=1S/C21H18N4O3/c26-20-12-23-25(19-8-2-1-7-18(19)20)15-21(27)24(14-17-6-4-10-28-17)13-16-5-3-9-22-11-16/h1-12H,13-15H2. The third-order valence-corrected chi connectivity index (χ3v) is 4.42. The predicted octanol–water partition coefficient (Wildman–Crippen LogP) is 2.61. The molecule has 0 radical (unpaired) electrons. The summed E-state index contributed by atoms with van der Waals surface area (Å²) in [5.41, 5.74) is 1.38. The van der Waals surface area contributed by atoms with E-state index in [1.165, 1.54) is 6.20 Å². The Bertz CT molecular complexity index is 1140. The second-order valence-electron chi connectivity index (χ2n) is 6.37. The Morgan fingerprint density at radius 2 is 1.93 bits per heavy atom. The molecule has 1 aromatic carbocycles. The summed E-state index contributed by atoms with van der Waals surface area (Å²) in [6.45, 7) is 0.742. The SMILES string of the molecule is O=C(Cn1ncc(=O)c2ccccc21)N(Cc1cccnc1)Cc1ccco1. The van der Waals surface area contributed by atoms with Gasteiger partial charge in [0.1, 0.15) is 12.3 Å². The zero-order valence-corrected chi connectivity index (χ0v) is 15.1. The van der Waals surface area contributed by atoms with Crippen LogP contribution in [0.3, 0.4) is 0 Å². The number of benzene rings is 1. The van der Waals surface area contributed by atoms with E-state index in [4.69, 9.17) is 4.42 Å². The van der Waals surface area contributed by atoms with Crippen LogP contribution in [-0.2, 0) is 24.4 Å². The van der Waals surface area contributed by atoms with Crippen molar-refractivity contribution < 1.29 is 9.21 Å². The lowest BCUT2D eigenvalue weighted by atomic mass is 10.2. The van der Waals surface area contributed by atoms with Crippen LogP contribution < -0.4 is 5.43 Å². The molecule has 0 fully saturated rings. The van der Waals surface area contributed by atoms with E-state index in [0.29, 0.717) is 29.8 Å². The van der Waals surface area contributed by atoms with Gasteiger partial charge in [-0.15, -0.1) is 0 Å². The zero-order chi connectivity index (χ0) is 19.3. The first-order valence-electron chi connectivity index (χ1n) is 8.84. The highest BCUT2D eigenvalue weighted by Crippen LogP contribution is 2.13. The Kier molecular flexibility index (Phi) is 4.97. The van der Waals surface area contributed by atoms with Crippen LogP contribution in [0.4, 0.5) is 0 Å². The number of hydrogen-bond acceptors (Lipinski definition) is 5. The maximum Gasteiger partial charge on any atom is 0.245 e. The van der Waals surface area contributed by atoms with Crippen molar-refractivity contribution in [2.75, 3.05) is 0 Å². The highest BCUT2D eigenvalue weighted by molar-refractivity contribution is 5.81. The van der Waals surface area contributed by atoms with Gasteiger partial charge in [-0.3, -0.25) is 19.3 Å². The lowest BCUT2D eigenvalue weighted by molar-refractivity contribution is -0.133. The Morgan fingerprint density at radius 1 is 1.04 bits per heavy atom. The van der Waals surface area contributed by atoms with E-state index in [-0.39, 0.29) is 17.9 Å². The van der Waals surface area contributed by atoms with Gasteiger partial charge in [-0.2, -0.15) is 5.10 Å². The molecule has 0 saturated carbocycles. The Hall–Kier alpha value is -3.74. The average Bonchev–Trinajstić information content (AvgIpc) is 3.24. The molecule has 3 aromatic heterocycles. The number of para-hydroxylation sites is 1. The number of carbonyl (C=O) groups is 1. The Balaban J connectivity index is 1.62. The van der Waals surface area contributed by atoms with Crippen LogP contribution >= 0.6 is 0 Å². The quantitative estimate of drug-likeness (QED) is 0.518. The van der Waals surface area contributed by atoms with Crippen molar-refractivity contribution in [2.45, 2.75) is 19.6 Å². The molecule has 3 heterocycles. The highest BCUT2D eigenvalue weighted by atomic mass is 16.3. The van der Waals surface area contributed by atoms with Gasteiger partial charge in [0.15, 0.2) is 0 Å². The van der Waals surface area contributed by atoms with E-state index >= 15 is 0 Å². The largest absolute Gasteiger partial charge is 0.467 e. The number of amides is 1. The van der Waals surface area contributed by atoms with Crippen molar-refractivity contribution in [3.63, 3.8) is 0 Å². The molecule has 0 saturated heterocycles. The van der Waals surface area contributed by atoms with Crippen molar-refractivity contribution in [1.82, 2.24) is 19.7 Å². The fourth-order valence-electron chi connectivity index (χ4n) is 3.05.